The lowest BCUT2D eigenvalue weighted by atomic mass is 9.89. The summed E-state index contributed by atoms with van der Waals surface area (Å²) in [6, 6.07) is 0. The van der Waals surface area contributed by atoms with E-state index in [9.17, 15) is 0 Å². The molecule has 0 aromatic rings. The highest BCUT2D eigenvalue weighted by molar-refractivity contribution is 8.00. The summed E-state index contributed by atoms with van der Waals surface area (Å²) in [7, 11) is 0. The smallest absolute Gasteiger partial charge is 0.144 e. The van der Waals surface area contributed by atoms with Crippen LogP contribution in [0.15, 0.2) is 5.16 Å². The second kappa shape index (κ2) is 4.91. The van der Waals surface area contributed by atoms with E-state index >= 15 is 0 Å². The zero-order valence-corrected chi connectivity index (χ0v) is 10.6. The van der Waals surface area contributed by atoms with Crippen molar-refractivity contribution in [3.63, 3.8) is 0 Å². The van der Waals surface area contributed by atoms with Crippen LogP contribution in [0, 0.1) is 5.41 Å². The highest BCUT2D eigenvalue weighted by atomic mass is 32.2. The first kappa shape index (κ1) is 13.6. The fraction of sp³-hybridized carbons (Fsp3) is 0.900. The number of hydrogen-bond donors (Lipinski definition) is 2. The molecule has 0 saturated carbocycles. The Hall–Kier alpha value is -0.380. The van der Waals surface area contributed by atoms with Crippen LogP contribution >= 0.6 is 11.8 Å². The molecule has 0 aliphatic rings. The average molecular weight is 218 g/mol. The summed E-state index contributed by atoms with van der Waals surface area (Å²) in [5, 5.41) is 11.6. The van der Waals surface area contributed by atoms with Crippen LogP contribution in [0.1, 0.15) is 41.0 Å². The Morgan fingerprint density at radius 2 is 1.79 bits per heavy atom. The zero-order valence-electron chi connectivity index (χ0n) is 9.79. The Morgan fingerprint density at radius 1 is 1.29 bits per heavy atom. The quantitative estimate of drug-likeness (QED) is 0.330. The Labute approximate surface area is 91.1 Å². The number of rotatable bonds is 4. The minimum atomic E-state index is -0.215. The largest absolute Gasteiger partial charge is 0.409 e. The predicted molar refractivity (Wildman–Crippen MR) is 64.0 cm³/mol. The van der Waals surface area contributed by atoms with Gasteiger partial charge < -0.3 is 10.9 Å². The Balaban J connectivity index is 4.01. The van der Waals surface area contributed by atoms with Crippen LogP contribution < -0.4 is 5.73 Å². The molecule has 3 N–H and O–H groups in total. The molecule has 0 amide bonds. The van der Waals surface area contributed by atoms with Gasteiger partial charge in [0.15, 0.2) is 0 Å². The summed E-state index contributed by atoms with van der Waals surface area (Å²) >= 11 is 1.90. The van der Waals surface area contributed by atoms with Crippen molar-refractivity contribution in [1.82, 2.24) is 0 Å². The van der Waals surface area contributed by atoms with Crippen LogP contribution in [0.25, 0.3) is 0 Å². The van der Waals surface area contributed by atoms with Gasteiger partial charge >= 0.3 is 0 Å². The second-order valence-electron chi connectivity index (χ2n) is 5.08. The first-order valence-corrected chi connectivity index (χ1v) is 5.79. The Bertz CT molecular complexity index is 207. The van der Waals surface area contributed by atoms with Crippen LogP contribution in [0.4, 0.5) is 0 Å². The highest BCUT2D eigenvalue weighted by Gasteiger charge is 2.24. The molecule has 3 nitrogen and oxygen atoms in total. The standard InChI is InChI=1S/C10H22N2OS/c1-9(2,3)14-7-6-10(4,5)8(11)12-13/h13H,6-7H2,1-5H3,(H2,11,12). The fourth-order valence-corrected chi connectivity index (χ4v) is 2.10. The molecule has 0 radical (unpaired) electrons. The van der Waals surface area contributed by atoms with Crippen LogP contribution in [0.3, 0.4) is 0 Å². The lowest BCUT2D eigenvalue weighted by molar-refractivity contribution is 0.307. The van der Waals surface area contributed by atoms with Gasteiger partial charge in [-0.25, -0.2) is 0 Å². The van der Waals surface area contributed by atoms with Gasteiger partial charge in [0.2, 0.25) is 0 Å². The normalized spacial score (nSPS) is 14.5. The number of hydrogen-bond acceptors (Lipinski definition) is 3. The lowest BCUT2D eigenvalue weighted by Gasteiger charge is -2.25. The summed E-state index contributed by atoms with van der Waals surface area (Å²) in [6.45, 7) is 10.5. The molecule has 4 heteroatoms. The molecule has 0 saturated heterocycles. The first-order valence-electron chi connectivity index (χ1n) is 4.81. The predicted octanol–water partition coefficient (Wildman–Crippen LogP) is 2.68. The maximum atomic E-state index is 8.59. The molecule has 0 atom stereocenters. The zero-order chi connectivity index (χ0) is 11.4. The van der Waals surface area contributed by atoms with Gasteiger partial charge in [0.25, 0.3) is 0 Å². The summed E-state index contributed by atoms with van der Waals surface area (Å²) in [5.74, 6) is 1.33. The van der Waals surface area contributed by atoms with E-state index in [2.05, 4.69) is 25.9 Å². The van der Waals surface area contributed by atoms with E-state index in [1.54, 1.807) is 0 Å². The third-order valence-electron chi connectivity index (χ3n) is 2.06. The average Bonchev–Trinajstić information content (AvgIpc) is 2.00. The van der Waals surface area contributed by atoms with Crippen molar-refractivity contribution >= 4 is 17.6 Å². The van der Waals surface area contributed by atoms with E-state index in [0.717, 1.165) is 12.2 Å². The van der Waals surface area contributed by atoms with Crippen LogP contribution in [-0.2, 0) is 0 Å². The first-order chi connectivity index (χ1) is 6.19. The molecular formula is C10H22N2OS. The maximum Gasteiger partial charge on any atom is 0.144 e. The third kappa shape index (κ3) is 5.37. The lowest BCUT2D eigenvalue weighted by Crippen LogP contribution is -2.32. The molecule has 0 bridgehead atoms. The summed E-state index contributed by atoms with van der Waals surface area (Å²) < 4.78 is 0.279. The van der Waals surface area contributed by atoms with Crippen LogP contribution in [0.5, 0.6) is 0 Å². The van der Waals surface area contributed by atoms with Gasteiger partial charge in [-0.2, -0.15) is 11.8 Å². The van der Waals surface area contributed by atoms with Crippen molar-refractivity contribution in [2.24, 2.45) is 16.3 Å². The minimum absolute atomic E-state index is 0.215. The molecule has 0 aromatic carbocycles. The van der Waals surface area contributed by atoms with Crippen molar-refractivity contribution in [2.75, 3.05) is 5.75 Å². The van der Waals surface area contributed by atoms with Crippen LogP contribution in [0.2, 0.25) is 0 Å². The Kier molecular flexibility index (Phi) is 4.78. The van der Waals surface area contributed by atoms with Crippen molar-refractivity contribution in [3.8, 4) is 0 Å². The second-order valence-corrected chi connectivity index (χ2v) is 7.00. The van der Waals surface area contributed by atoms with Gasteiger partial charge in [0.05, 0.1) is 0 Å². The summed E-state index contributed by atoms with van der Waals surface area (Å²) in [4.78, 5) is 0. The number of nitrogens with zero attached hydrogens (tertiary/aromatic N) is 1. The van der Waals surface area contributed by atoms with E-state index in [0.29, 0.717) is 5.84 Å². The van der Waals surface area contributed by atoms with Crippen molar-refractivity contribution in [1.29, 1.82) is 0 Å². The molecule has 0 rings (SSSR count). The molecule has 0 fully saturated rings. The van der Waals surface area contributed by atoms with Gasteiger partial charge in [-0.15, -0.1) is 0 Å². The topological polar surface area (TPSA) is 58.6 Å². The van der Waals surface area contributed by atoms with Crippen molar-refractivity contribution in [2.45, 2.75) is 45.8 Å². The highest BCUT2D eigenvalue weighted by Crippen LogP contribution is 2.29. The molecule has 0 unspecified atom stereocenters. The maximum absolute atomic E-state index is 8.59. The molecular weight excluding hydrogens is 196 g/mol. The van der Waals surface area contributed by atoms with E-state index < -0.39 is 0 Å². The number of amidine groups is 1. The Morgan fingerprint density at radius 3 is 2.14 bits per heavy atom. The molecule has 0 aliphatic heterocycles. The molecule has 84 valence electrons. The van der Waals surface area contributed by atoms with E-state index in [4.69, 9.17) is 10.9 Å². The molecule has 0 aromatic heterocycles. The monoisotopic (exact) mass is 218 g/mol. The summed E-state index contributed by atoms with van der Waals surface area (Å²) in [6.07, 6.45) is 0.921. The van der Waals surface area contributed by atoms with Crippen LogP contribution in [-0.4, -0.2) is 21.5 Å². The molecule has 0 heterocycles. The van der Waals surface area contributed by atoms with E-state index in [1.807, 2.05) is 25.6 Å². The van der Waals surface area contributed by atoms with Gasteiger partial charge in [-0.3, -0.25) is 0 Å². The third-order valence-corrected chi connectivity index (χ3v) is 3.34. The SMILES string of the molecule is CC(C)(C)SCCC(C)(C)C(N)=NO. The van der Waals surface area contributed by atoms with Gasteiger partial charge in [-0.1, -0.05) is 39.8 Å². The number of nitrogens with two attached hydrogens (primary N) is 1. The van der Waals surface area contributed by atoms with Gasteiger partial charge in [-0.05, 0) is 12.2 Å². The minimum Gasteiger partial charge on any atom is -0.409 e. The molecule has 0 aliphatic carbocycles. The van der Waals surface area contributed by atoms with Crippen molar-refractivity contribution < 1.29 is 5.21 Å². The molecule has 0 spiro atoms. The van der Waals surface area contributed by atoms with E-state index in [1.165, 1.54) is 0 Å². The fourth-order valence-electron chi connectivity index (χ4n) is 0.876. The van der Waals surface area contributed by atoms with Gasteiger partial charge in [0.1, 0.15) is 5.84 Å². The van der Waals surface area contributed by atoms with E-state index in [-0.39, 0.29) is 10.2 Å². The van der Waals surface area contributed by atoms with Crippen molar-refractivity contribution in [3.05, 3.63) is 0 Å². The molecule has 14 heavy (non-hydrogen) atoms. The number of thioether (sulfide) groups is 1. The number of oxime groups is 1. The van der Waals surface area contributed by atoms with Gasteiger partial charge in [0, 0.05) is 10.2 Å². The summed E-state index contributed by atoms with van der Waals surface area (Å²) in [5.41, 5.74) is 5.38.